The van der Waals surface area contributed by atoms with Gasteiger partial charge in [0.05, 0.1) is 7.11 Å². The van der Waals surface area contributed by atoms with Gasteiger partial charge in [-0.3, -0.25) is 9.59 Å². The second-order valence-corrected chi connectivity index (χ2v) is 5.92. The Bertz CT molecular complexity index is 396. The Balaban J connectivity index is 2.46. The van der Waals surface area contributed by atoms with Gasteiger partial charge in [0.15, 0.2) is 5.78 Å². The van der Waals surface area contributed by atoms with Crippen molar-refractivity contribution in [2.75, 3.05) is 7.11 Å². The number of hydrogen-bond donors (Lipinski definition) is 0. The predicted molar refractivity (Wildman–Crippen MR) is 64.2 cm³/mol. The molecule has 0 radical (unpaired) electrons. The van der Waals surface area contributed by atoms with Gasteiger partial charge in [0.25, 0.3) is 0 Å². The largest absolute Gasteiger partial charge is 0.468 e. The van der Waals surface area contributed by atoms with Crippen LogP contribution in [0.15, 0.2) is 12.7 Å². The Morgan fingerprint density at radius 1 is 1.53 bits per heavy atom. The molecule has 17 heavy (non-hydrogen) atoms. The molecule has 0 aliphatic heterocycles. The standard InChI is InChI=1S/C14H20O3/c1-6-9-10-7-8(2)13(3,4)11(15)14(9,10)12(16)17-5/h6,8-10H,1,7H2,2-5H3/t8?,9-,10-,14-/m1/s1. The van der Waals surface area contributed by atoms with Crippen molar-refractivity contribution in [1.29, 1.82) is 0 Å². The molecule has 0 saturated heterocycles. The second-order valence-electron chi connectivity index (χ2n) is 5.92. The fourth-order valence-corrected chi connectivity index (χ4v) is 3.47. The molecule has 0 aromatic rings. The quantitative estimate of drug-likeness (QED) is 0.419. The van der Waals surface area contributed by atoms with E-state index in [0.717, 1.165) is 6.42 Å². The van der Waals surface area contributed by atoms with E-state index >= 15 is 0 Å². The smallest absolute Gasteiger partial charge is 0.320 e. The average Bonchev–Trinajstić information content (AvgIpc) is 2.94. The van der Waals surface area contributed by atoms with Crippen LogP contribution >= 0.6 is 0 Å². The Labute approximate surface area is 102 Å². The van der Waals surface area contributed by atoms with Crippen molar-refractivity contribution in [1.82, 2.24) is 0 Å². The first kappa shape index (κ1) is 12.3. The number of hydrogen-bond acceptors (Lipinski definition) is 3. The molecule has 2 rings (SSSR count). The van der Waals surface area contributed by atoms with Gasteiger partial charge in [0.2, 0.25) is 0 Å². The molecule has 0 bridgehead atoms. The van der Waals surface area contributed by atoms with E-state index in [4.69, 9.17) is 4.74 Å². The summed E-state index contributed by atoms with van der Waals surface area (Å²) in [6.45, 7) is 9.70. The first-order chi connectivity index (χ1) is 7.84. The van der Waals surface area contributed by atoms with Gasteiger partial charge in [-0.25, -0.2) is 0 Å². The molecule has 2 fully saturated rings. The molecule has 2 saturated carbocycles. The van der Waals surface area contributed by atoms with E-state index in [9.17, 15) is 9.59 Å². The number of esters is 1. The summed E-state index contributed by atoms with van der Waals surface area (Å²) >= 11 is 0. The molecule has 1 unspecified atom stereocenters. The molecule has 94 valence electrons. The molecule has 3 nitrogen and oxygen atoms in total. The van der Waals surface area contributed by atoms with Gasteiger partial charge in [0, 0.05) is 11.3 Å². The van der Waals surface area contributed by atoms with Crippen LogP contribution in [0, 0.1) is 28.6 Å². The highest BCUT2D eigenvalue weighted by Gasteiger charge is 2.77. The molecule has 2 aliphatic rings. The zero-order valence-electron chi connectivity index (χ0n) is 10.9. The van der Waals surface area contributed by atoms with Crippen LogP contribution in [-0.4, -0.2) is 18.9 Å². The van der Waals surface area contributed by atoms with Crippen LogP contribution in [0.2, 0.25) is 0 Å². The minimum absolute atomic E-state index is 0.0329. The molecule has 3 heteroatoms. The Kier molecular flexibility index (Phi) is 2.49. The second kappa shape index (κ2) is 3.44. The van der Waals surface area contributed by atoms with Crippen LogP contribution in [-0.2, 0) is 14.3 Å². The number of allylic oxidation sites excluding steroid dienone is 1. The van der Waals surface area contributed by atoms with Gasteiger partial charge in [-0.05, 0) is 18.3 Å². The molecular weight excluding hydrogens is 216 g/mol. The van der Waals surface area contributed by atoms with Crippen molar-refractivity contribution >= 4 is 11.8 Å². The lowest BCUT2D eigenvalue weighted by atomic mass is 9.64. The minimum Gasteiger partial charge on any atom is -0.468 e. The highest BCUT2D eigenvalue weighted by molar-refractivity contribution is 6.11. The first-order valence-corrected chi connectivity index (χ1v) is 6.11. The van der Waals surface area contributed by atoms with Crippen molar-refractivity contribution in [3.8, 4) is 0 Å². The molecule has 4 atom stereocenters. The molecule has 0 spiro atoms. The number of carbonyl (C=O) groups excluding carboxylic acids is 2. The molecule has 0 amide bonds. The summed E-state index contributed by atoms with van der Waals surface area (Å²) in [4.78, 5) is 24.7. The Morgan fingerprint density at radius 2 is 2.12 bits per heavy atom. The normalized spacial score (nSPS) is 42.6. The van der Waals surface area contributed by atoms with Crippen LogP contribution in [0.1, 0.15) is 27.2 Å². The maximum Gasteiger partial charge on any atom is 0.320 e. The first-order valence-electron chi connectivity index (χ1n) is 6.11. The number of Topliss-reactive ketones (excluding diaryl/α,β-unsaturated/α-hetero) is 1. The number of rotatable bonds is 2. The lowest BCUT2D eigenvalue weighted by Gasteiger charge is -2.37. The predicted octanol–water partition coefficient (Wildman–Crippen LogP) is 2.21. The lowest BCUT2D eigenvalue weighted by Crippen LogP contribution is -2.46. The van der Waals surface area contributed by atoms with Crippen LogP contribution in [0.25, 0.3) is 0 Å². The maximum atomic E-state index is 12.6. The van der Waals surface area contributed by atoms with E-state index in [0.29, 0.717) is 5.92 Å². The highest BCUT2D eigenvalue weighted by atomic mass is 16.5. The summed E-state index contributed by atoms with van der Waals surface area (Å²) in [5.74, 6) is 0.0141. The highest BCUT2D eigenvalue weighted by Crippen LogP contribution is 2.69. The van der Waals surface area contributed by atoms with Crippen LogP contribution in [0.4, 0.5) is 0 Å². The molecule has 0 heterocycles. The van der Waals surface area contributed by atoms with E-state index in [1.807, 2.05) is 13.8 Å². The summed E-state index contributed by atoms with van der Waals surface area (Å²) in [6, 6.07) is 0. The van der Waals surface area contributed by atoms with E-state index in [2.05, 4.69) is 13.5 Å². The topological polar surface area (TPSA) is 43.4 Å². The maximum absolute atomic E-state index is 12.6. The summed E-state index contributed by atoms with van der Waals surface area (Å²) < 4.78 is 4.86. The summed E-state index contributed by atoms with van der Waals surface area (Å²) in [7, 11) is 1.35. The van der Waals surface area contributed by atoms with Gasteiger partial charge in [-0.1, -0.05) is 26.8 Å². The zero-order chi connectivity index (χ0) is 13.0. The average molecular weight is 236 g/mol. The van der Waals surface area contributed by atoms with Gasteiger partial charge < -0.3 is 4.74 Å². The van der Waals surface area contributed by atoms with Crippen molar-refractivity contribution in [2.24, 2.45) is 28.6 Å². The van der Waals surface area contributed by atoms with E-state index in [1.54, 1.807) is 6.08 Å². The van der Waals surface area contributed by atoms with Crippen molar-refractivity contribution in [3.05, 3.63) is 12.7 Å². The zero-order valence-corrected chi connectivity index (χ0v) is 10.9. The number of fused-ring (bicyclic) bond motifs is 1. The van der Waals surface area contributed by atoms with Gasteiger partial charge in [0.1, 0.15) is 5.41 Å². The van der Waals surface area contributed by atoms with E-state index in [-0.39, 0.29) is 23.6 Å². The number of carbonyl (C=O) groups is 2. The summed E-state index contributed by atoms with van der Waals surface area (Å²) in [5.41, 5.74) is -1.38. The van der Waals surface area contributed by atoms with E-state index in [1.165, 1.54) is 7.11 Å². The van der Waals surface area contributed by atoms with Crippen molar-refractivity contribution < 1.29 is 14.3 Å². The minimum atomic E-state index is -0.924. The van der Waals surface area contributed by atoms with Crippen molar-refractivity contribution in [2.45, 2.75) is 27.2 Å². The molecule has 0 aromatic carbocycles. The Morgan fingerprint density at radius 3 is 2.59 bits per heavy atom. The fraction of sp³-hybridized carbons (Fsp3) is 0.714. The summed E-state index contributed by atoms with van der Waals surface area (Å²) in [6.07, 6.45) is 2.64. The molecular formula is C14H20O3. The monoisotopic (exact) mass is 236 g/mol. The van der Waals surface area contributed by atoms with E-state index < -0.39 is 10.8 Å². The molecule has 0 aromatic heterocycles. The van der Waals surface area contributed by atoms with Gasteiger partial charge in [-0.15, -0.1) is 6.58 Å². The fourth-order valence-electron chi connectivity index (χ4n) is 3.47. The number of ether oxygens (including phenoxy) is 1. The number of ketones is 1. The molecule has 0 N–H and O–H groups in total. The van der Waals surface area contributed by atoms with Crippen LogP contribution in [0.5, 0.6) is 0 Å². The third kappa shape index (κ3) is 1.23. The van der Waals surface area contributed by atoms with Crippen LogP contribution < -0.4 is 0 Å². The Hall–Kier alpha value is -1.12. The summed E-state index contributed by atoms with van der Waals surface area (Å²) in [5, 5.41) is 0. The van der Waals surface area contributed by atoms with Gasteiger partial charge >= 0.3 is 5.97 Å². The third-order valence-corrected chi connectivity index (χ3v) is 5.01. The van der Waals surface area contributed by atoms with Crippen LogP contribution in [0.3, 0.4) is 0 Å². The third-order valence-electron chi connectivity index (χ3n) is 5.01. The SMILES string of the molecule is C=C[C@@H]1[C@H]2CC(C)C(C)(C)C(=O)[C@@]12C(=O)OC. The number of methoxy groups -OCH3 is 1. The lowest BCUT2D eigenvalue weighted by molar-refractivity contribution is -0.158. The van der Waals surface area contributed by atoms with Crippen molar-refractivity contribution in [3.63, 3.8) is 0 Å². The van der Waals surface area contributed by atoms with Gasteiger partial charge in [-0.2, -0.15) is 0 Å². The molecule has 2 aliphatic carbocycles.